The van der Waals surface area contributed by atoms with Gasteiger partial charge in [0.15, 0.2) is 5.82 Å². The molecule has 2 N–H and O–H groups in total. The van der Waals surface area contributed by atoms with Crippen LogP contribution in [0.4, 0.5) is 11.5 Å². The summed E-state index contributed by atoms with van der Waals surface area (Å²) in [5.41, 5.74) is 6.14. The average molecular weight is 445 g/mol. The number of benzene rings is 2. The number of aromatic nitrogens is 2. The highest BCUT2D eigenvalue weighted by Crippen LogP contribution is 2.43. The van der Waals surface area contributed by atoms with Crippen LogP contribution in [0, 0.1) is 19.8 Å². The summed E-state index contributed by atoms with van der Waals surface area (Å²) in [6.45, 7) is 5.96. The first kappa shape index (κ1) is 21.4. The first-order valence-electron chi connectivity index (χ1n) is 11.4. The van der Waals surface area contributed by atoms with Crippen LogP contribution in [-0.2, 0) is 11.3 Å². The average Bonchev–Trinajstić information content (AvgIpc) is 3.58. The van der Waals surface area contributed by atoms with E-state index in [-0.39, 0.29) is 11.5 Å². The second-order valence-corrected chi connectivity index (χ2v) is 9.22. The molecule has 2 aliphatic rings. The third-order valence-corrected chi connectivity index (χ3v) is 6.72. The van der Waals surface area contributed by atoms with Crippen LogP contribution in [0.1, 0.15) is 41.0 Å². The van der Waals surface area contributed by atoms with Crippen molar-refractivity contribution in [1.29, 1.82) is 0 Å². The lowest BCUT2D eigenvalue weighted by Gasteiger charge is -2.37. The molecular weight excluding hydrogens is 416 g/mol. The minimum Gasteiger partial charge on any atom is -0.481 e. The molecule has 0 amide bonds. The number of nitrogens with one attached hydrogen (secondary N) is 1. The highest BCUT2D eigenvalue weighted by molar-refractivity contribution is 5.71. The Morgan fingerprint density at radius 1 is 1.15 bits per heavy atom. The first-order valence-corrected chi connectivity index (χ1v) is 11.4. The Labute approximate surface area is 192 Å². The minimum absolute atomic E-state index is 0.193. The molecular formula is C26H28N4O3. The van der Waals surface area contributed by atoms with Gasteiger partial charge in [0.25, 0.3) is 5.56 Å². The topological polar surface area (TPSA) is 87.5 Å². The number of para-hydroxylation sites is 1. The maximum atomic E-state index is 13.3. The number of rotatable bonds is 7. The van der Waals surface area contributed by atoms with Crippen molar-refractivity contribution in [3.8, 4) is 5.69 Å². The van der Waals surface area contributed by atoms with E-state index in [0.29, 0.717) is 24.8 Å². The fraction of sp³-hybridized carbons (Fsp3) is 0.346. The van der Waals surface area contributed by atoms with Gasteiger partial charge in [0.2, 0.25) is 0 Å². The highest BCUT2D eigenvalue weighted by atomic mass is 16.4. The van der Waals surface area contributed by atoms with Crippen LogP contribution in [-0.4, -0.2) is 38.6 Å². The van der Waals surface area contributed by atoms with Crippen LogP contribution in [0.5, 0.6) is 0 Å². The van der Waals surface area contributed by atoms with Gasteiger partial charge in [0.05, 0.1) is 5.92 Å². The number of nitrogens with zero attached hydrogens (tertiary/aromatic N) is 3. The van der Waals surface area contributed by atoms with Crippen molar-refractivity contribution in [3.05, 3.63) is 81.4 Å². The molecule has 5 rings (SSSR count). The van der Waals surface area contributed by atoms with Crippen molar-refractivity contribution in [1.82, 2.24) is 14.5 Å². The van der Waals surface area contributed by atoms with Crippen molar-refractivity contribution in [2.75, 3.05) is 18.4 Å². The van der Waals surface area contributed by atoms with E-state index in [4.69, 9.17) is 5.11 Å². The van der Waals surface area contributed by atoms with Gasteiger partial charge in [-0.2, -0.15) is 0 Å². The summed E-state index contributed by atoms with van der Waals surface area (Å²) in [4.78, 5) is 30.8. The monoisotopic (exact) mass is 444 g/mol. The highest BCUT2D eigenvalue weighted by Gasteiger charge is 2.32. The molecule has 0 atom stereocenters. The van der Waals surface area contributed by atoms with E-state index >= 15 is 0 Å². The quantitative estimate of drug-likeness (QED) is 0.573. The molecule has 1 aromatic heterocycles. The fourth-order valence-electron chi connectivity index (χ4n) is 4.63. The Kier molecular flexibility index (Phi) is 5.50. The van der Waals surface area contributed by atoms with Crippen LogP contribution in [0.25, 0.3) is 5.69 Å². The van der Waals surface area contributed by atoms with Crippen LogP contribution < -0.4 is 10.9 Å². The molecule has 7 nitrogen and oxygen atoms in total. The molecule has 2 heterocycles. The minimum atomic E-state index is -0.726. The zero-order chi connectivity index (χ0) is 23.1. The van der Waals surface area contributed by atoms with E-state index < -0.39 is 5.97 Å². The van der Waals surface area contributed by atoms with Gasteiger partial charge in [-0.1, -0.05) is 18.2 Å². The maximum absolute atomic E-state index is 13.3. The van der Waals surface area contributed by atoms with Gasteiger partial charge in [0.1, 0.15) is 0 Å². The smallest absolute Gasteiger partial charge is 0.309 e. The second-order valence-electron chi connectivity index (χ2n) is 9.22. The van der Waals surface area contributed by atoms with Crippen molar-refractivity contribution in [3.63, 3.8) is 0 Å². The van der Waals surface area contributed by atoms with Gasteiger partial charge in [-0.25, -0.2) is 4.98 Å². The lowest BCUT2D eigenvalue weighted by atomic mass is 9.96. The standard InChI is InChI=1S/C26H28N4O3/c1-16-11-20(12-17(2)22(16)15-29-13-19(14-29)26(32)33)30-10-9-27-24(25(30)31)28-23-6-4-3-5-21(23)18-7-8-18/h3-6,9-12,18-19H,7-8,13-15H2,1-2H3,(H,27,28)(H,32,33). The van der Waals surface area contributed by atoms with E-state index in [1.807, 2.05) is 44.2 Å². The SMILES string of the molecule is Cc1cc(-n2ccnc(Nc3ccccc3C3CC3)c2=O)cc(C)c1CN1CC(C(=O)O)C1. The predicted molar refractivity (Wildman–Crippen MR) is 127 cm³/mol. The van der Waals surface area contributed by atoms with Gasteiger partial charge in [0, 0.05) is 43.4 Å². The maximum Gasteiger partial charge on any atom is 0.309 e. The molecule has 2 fully saturated rings. The molecule has 1 aliphatic carbocycles. The summed E-state index contributed by atoms with van der Waals surface area (Å²) in [6, 6.07) is 12.1. The van der Waals surface area contributed by atoms with E-state index in [0.717, 1.165) is 29.0 Å². The summed E-state index contributed by atoms with van der Waals surface area (Å²) >= 11 is 0. The molecule has 0 bridgehead atoms. The van der Waals surface area contributed by atoms with Gasteiger partial charge >= 0.3 is 5.97 Å². The van der Waals surface area contributed by atoms with Crippen molar-refractivity contribution in [2.45, 2.75) is 39.2 Å². The fourth-order valence-corrected chi connectivity index (χ4v) is 4.63. The Bertz CT molecular complexity index is 1250. The van der Waals surface area contributed by atoms with Crippen LogP contribution in [0.2, 0.25) is 0 Å². The number of carboxylic acid groups (broad SMARTS) is 1. The number of anilines is 2. The molecule has 2 aromatic carbocycles. The lowest BCUT2D eigenvalue weighted by Crippen LogP contribution is -2.49. The van der Waals surface area contributed by atoms with E-state index in [2.05, 4.69) is 21.3 Å². The van der Waals surface area contributed by atoms with Gasteiger partial charge in [-0.3, -0.25) is 19.1 Å². The molecule has 33 heavy (non-hydrogen) atoms. The molecule has 0 unspecified atom stereocenters. The lowest BCUT2D eigenvalue weighted by molar-refractivity contribution is -0.147. The zero-order valence-electron chi connectivity index (χ0n) is 18.9. The molecule has 3 aromatic rings. The summed E-state index contributed by atoms with van der Waals surface area (Å²) in [7, 11) is 0. The Morgan fingerprint density at radius 2 is 1.85 bits per heavy atom. The summed E-state index contributed by atoms with van der Waals surface area (Å²) in [5.74, 6) is -0.118. The largest absolute Gasteiger partial charge is 0.481 e. The molecule has 0 radical (unpaired) electrons. The zero-order valence-corrected chi connectivity index (χ0v) is 18.9. The van der Waals surface area contributed by atoms with Crippen molar-refractivity contribution >= 4 is 17.5 Å². The molecule has 1 aliphatic heterocycles. The van der Waals surface area contributed by atoms with Gasteiger partial charge in [-0.15, -0.1) is 0 Å². The van der Waals surface area contributed by atoms with Gasteiger partial charge in [-0.05, 0) is 73.1 Å². The number of hydrogen-bond acceptors (Lipinski definition) is 5. The number of aliphatic carboxylic acids is 1. The van der Waals surface area contributed by atoms with E-state index in [1.165, 1.54) is 24.0 Å². The Morgan fingerprint density at radius 3 is 2.52 bits per heavy atom. The third-order valence-electron chi connectivity index (χ3n) is 6.72. The molecule has 1 saturated heterocycles. The molecule has 170 valence electrons. The first-order chi connectivity index (χ1) is 15.9. The molecule has 7 heteroatoms. The van der Waals surface area contributed by atoms with Gasteiger partial charge < -0.3 is 10.4 Å². The van der Waals surface area contributed by atoms with Crippen molar-refractivity contribution in [2.24, 2.45) is 5.92 Å². The van der Waals surface area contributed by atoms with E-state index in [9.17, 15) is 9.59 Å². The number of likely N-dealkylation sites (tertiary alicyclic amines) is 1. The number of carbonyl (C=O) groups is 1. The summed E-state index contributed by atoms with van der Waals surface area (Å²) in [6.07, 6.45) is 5.71. The second kappa shape index (κ2) is 8.48. The number of carboxylic acids is 1. The number of aryl methyl sites for hydroxylation is 2. The van der Waals surface area contributed by atoms with Crippen LogP contribution in [0.15, 0.2) is 53.6 Å². The van der Waals surface area contributed by atoms with Crippen LogP contribution in [0.3, 0.4) is 0 Å². The molecule has 0 spiro atoms. The third kappa shape index (κ3) is 4.28. The van der Waals surface area contributed by atoms with Crippen LogP contribution >= 0.6 is 0 Å². The summed E-state index contributed by atoms with van der Waals surface area (Å²) < 4.78 is 1.63. The molecule has 1 saturated carbocycles. The Hall–Kier alpha value is -3.45. The predicted octanol–water partition coefficient (Wildman–Crippen LogP) is 3.99. The van der Waals surface area contributed by atoms with Crippen molar-refractivity contribution < 1.29 is 9.90 Å². The summed E-state index contributed by atoms with van der Waals surface area (Å²) in [5, 5.41) is 12.4. The van der Waals surface area contributed by atoms with E-state index in [1.54, 1.807) is 17.0 Å². The number of hydrogen-bond donors (Lipinski definition) is 2. The normalized spacial score (nSPS) is 16.4. The Balaban J connectivity index is 1.40.